The van der Waals surface area contributed by atoms with Crippen molar-refractivity contribution in [2.75, 3.05) is 26.9 Å². The Hall–Kier alpha value is 0.190. The molecule has 0 radical (unpaired) electrons. The molecule has 5 nitrogen and oxygen atoms in total. The second-order valence-corrected chi connectivity index (χ2v) is 11.8. The van der Waals surface area contributed by atoms with Crippen LogP contribution in [0.25, 0.3) is 0 Å². The van der Waals surface area contributed by atoms with Crippen molar-refractivity contribution in [1.29, 1.82) is 0 Å². The van der Waals surface area contributed by atoms with E-state index in [-0.39, 0.29) is 5.25 Å². The lowest BCUT2D eigenvalue weighted by molar-refractivity contribution is 0.470. The van der Waals surface area contributed by atoms with Crippen LogP contribution in [0.5, 0.6) is 0 Å². The molecule has 2 unspecified atom stereocenters. The molecule has 0 aromatic rings. The van der Waals surface area contributed by atoms with E-state index in [1.807, 2.05) is 13.8 Å². The molecule has 108 valence electrons. The van der Waals surface area contributed by atoms with Crippen molar-refractivity contribution in [3.63, 3.8) is 0 Å². The van der Waals surface area contributed by atoms with Gasteiger partial charge in [-0.15, -0.1) is 10.7 Å². The third kappa shape index (κ3) is 4.70. The van der Waals surface area contributed by atoms with Gasteiger partial charge in [0.2, 0.25) is 10.0 Å². The third-order valence-corrected chi connectivity index (χ3v) is 11.6. The molecule has 0 aromatic carbocycles. The summed E-state index contributed by atoms with van der Waals surface area (Å²) in [5.74, 6) is 0. The number of sulfonamides is 1. The first-order chi connectivity index (χ1) is 8.09. The minimum Gasteiger partial charge on any atom is -0.276 e. The van der Waals surface area contributed by atoms with Crippen molar-refractivity contribution in [2.24, 2.45) is 0 Å². The molecule has 2 atom stereocenters. The average molecular weight is 314 g/mol. The normalized spacial score (nSPS) is 17.7. The molecule has 0 rings (SSSR count). The van der Waals surface area contributed by atoms with Crippen molar-refractivity contribution >= 4 is 28.1 Å². The van der Waals surface area contributed by atoms with Gasteiger partial charge < -0.3 is 0 Å². The Morgan fingerprint density at radius 1 is 1.44 bits per heavy atom. The van der Waals surface area contributed by atoms with Crippen molar-refractivity contribution in [3.8, 4) is 0 Å². The summed E-state index contributed by atoms with van der Waals surface area (Å²) < 4.78 is 38.8. The lowest BCUT2D eigenvalue weighted by Crippen LogP contribution is -2.30. The van der Waals surface area contributed by atoms with Gasteiger partial charge in [-0.05, 0) is 13.5 Å². The average Bonchev–Trinajstić information content (AvgIpc) is 2.26. The molecule has 0 fully saturated rings. The molecule has 0 aliphatic heterocycles. The van der Waals surface area contributed by atoms with Crippen LogP contribution in [0.4, 0.5) is 0 Å². The van der Waals surface area contributed by atoms with Crippen LogP contribution in [0.15, 0.2) is 12.7 Å². The highest BCUT2D eigenvalue weighted by atomic mass is 32.7. The summed E-state index contributed by atoms with van der Waals surface area (Å²) in [4.78, 5) is 0. The smallest absolute Gasteiger partial charge is 0.276 e. The molecular weight excluding hydrogens is 291 g/mol. The fourth-order valence-electron chi connectivity index (χ4n) is 1.15. The lowest BCUT2D eigenvalue weighted by atomic mass is 10.4. The first-order valence-electron chi connectivity index (χ1n) is 5.64. The second-order valence-electron chi connectivity index (χ2n) is 4.14. The van der Waals surface area contributed by atoms with Gasteiger partial charge in [0.15, 0.2) is 0 Å². The van der Waals surface area contributed by atoms with Crippen LogP contribution in [-0.4, -0.2) is 49.3 Å². The lowest BCUT2D eigenvalue weighted by Gasteiger charge is -2.33. The maximum absolute atomic E-state index is 13.0. The van der Waals surface area contributed by atoms with Gasteiger partial charge in [-0.1, -0.05) is 31.3 Å². The van der Waals surface area contributed by atoms with E-state index in [9.17, 15) is 13.0 Å². The van der Waals surface area contributed by atoms with Crippen LogP contribution in [0.1, 0.15) is 20.3 Å². The van der Waals surface area contributed by atoms with E-state index in [2.05, 4.69) is 6.58 Å². The zero-order chi connectivity index (χ0) is 14.6. The van der Waals surface area contributed by atoms with E-state index < -0.39 is 16.7 Å². The van der Waals surface area contributed by atoms with Gasteiger partial charge in [0.25, 0.3) is 6.65 Å². The second kappa shape index (κ2) is 7.10. The summed E-state index contributed by atoms with van der Waals surface area (Å²) in [5, 5.41) is 0.118. The van der Waals surface area contributed by atoms with Gasteiger partial charge in [-0.3, -0.25) is 4.57 Å². The van der Waals surface area contributed by atoms with Crippen molar-refractivity contribution in [1.82, 2.24) is 8.75 Å². The van der Waals surface area contributed by atoms with Gasteiger partial charge in [0.1, 0.15) is 0 Å². The summed E-state index contributed by atoms with van der Waals surface area (Å²) >= 11 is 1.21. The molecule has 0 spiro atoms. The van der Waals surface area contributed by atoms with Crippen LogP contribution in [-0.2, 0) is 14.6 Å². The van der Waals surface area contributed by atoms with Gasteiger partial charge >= 0.3 is 0 Å². The number of likely N-dealkylation sites (N-methyl/N-ethyl adjacent to an activating group) is 1. The zero-order valence-corrected chi connectivity index (χ0v) is 14.2. The van der Waals surface area contributed by atoms with Crippen molar-refractivity contribution in [2.45, 2.75) is 25.5 Å². The number of rotatable bonds is 8. The fourth-order valence-corrected chi connectivity index (χ4v) is 9.06. The van der Waals surface area contributed by atoms with Crippen LogP contribution >= 0.6 is 18.0 Å². The van der Waals surface area contributed by atoms with Gasteiger partial charge in [0.05, 0.1) is 6.26 Å². The van der Waals surface area contributed by atoms with Gasteiger partial charge in [-0.2, -0.15) is 0 Å². The number of nitrogens with zero attached hydrogens (tertiary/aromatic N) is 2. The molecule has 0 aliphatic carbocycles. The molecule has 0 N–H and O–H groups in total. The molecule has 0 heterocycles. The Morgan fingerprint density at radius 2 is 1.94 bits per heavy atom. The van der Waals surface area contributed by atoms with Crippen LogP contribution < -0.4 is 0 Å². The first-order valence-corrected chi connectivity index (χ1v) is 10.6. The molecule has 0 saturated carbocycles. The largest absolute Gasteiger partial charge is 0.284 e. The molecule has 0 saturated heterocycles. The summed E-state index contributed by atoms with van der Waals surface area (Å²) in [6, 6.07) is 0. The van der Waals surface area contributed by atoms with Crippen LogP contribution in [0.3, 0.4) is 0 Å². The minimum absolute atomic E-state index is 0.118. The van der Waals surface area contributed by atoms with E-state index in [4.69, 9.17) is 0 Å². The summed E-state index contributed by atoms with van der Waals surface area (Å²) in [6.07, 6.45) is 3.51. The fraction of sp³-hybridized carbons (Fsp3) is 0.800. The van der Waals surface area contributed by atoms with Crippen molar-refractivity contribution in [3.05, 3.63) is 12.7 Å². The third-order valence-electron chi connectivity index (χ3n) is 2.55. The zero-order valence-electron chi connectivity index (χ0n) is 11.7. The standard InChI is InChI=1S/C10H23N2O3PS2/c1-7-9-11(4)16(13,17-10(3)8-2)12(5)18(6,14)15/h7,10H,1,8-9H2,2-6H3. The summed E-state index contributed by atoms with van der Waals surface area (Å²) in [6.45, 7) is 4.70. The maximum atomic E-state index is 13.0. The summed E-state index contributed by atoms with van der Waals surface area (Å²) in [5.41, 5.74) is 0. The van der Waals surface area contributed by atoms with Gasteiger partial charge in [0, 0.05) is 18.8 Å². The monoisotopic (exact) mass is 314 g/mol. The predicted molar refractivity (Wildman–Crippen MR) is 80.4 cm³/mol. The number of hydrogen-bond donors (Lipinski definition) is 0. The SMILES string of the molecule is C=CCN(C)P(=O)(SC(C)CC)N(C)S(C)(=O)=O. The van der Waals surface area contributed by atoms with E-state index in [0.717, 1.165) is 16.8 Å². The highest BCUT2D eigenvalue weighted by Gasteiger charge is 2.39. The molecule has 8 heteroatoms. The molecule has 0 amide bonds. The Balaban J connectivity index is 5.41. The van der Waals surface area contributed by atoms with Gasteiger partial charge in [-0.25, -0.2) is 13.1 Å². The highest BCUT2D eigenvalue weighted by molar-refractivity contribution is 8.57. The Morgan fingerprint density at radius 3 is 2.28 bits per heavy atom. The first kappa shape index (κ1) is 18.2. The Labute approximate surface area is 115 Å². The minimum atomic E-state index is -3.50. The van der Waals surface area contributed by atoms with Crippen LogP contribution in [0.2, 0.25) is 0 Å². The van der Waals surface area contributed by atoms with E-state index >= 15 is 0 Å². The van der Waals surface area contributed by atoms with E-state index in [1.54, 1.807) is 17.8 Å². The maximum Gasteiger partial charge on any atom is 0.284 e. The quantitative estimate of drug-likeness (QED) is 0.509. The Kier molecular flexibility index (Phi) is 7.18. The predicted octanol–water partition coefficient (Wildman–Crippen LogP) is 2.64. The Bertz CT molecular complexity index is 425. The van der Waals surface area contributed by atoms with Crippen LogP contribution in [0, 0.1) is 0 Å². The highest BCUT2D eigenvalue weighted by Crippen LogP contribution is 2.65. The molecule has 0 aromatic heterocycles. The molecule has 0 aliphatic rings. The van der Waals surface area contributed by atoms with E-state index in [0.29, 0.717) is 6.54 Å². The number of hydrogen-bond acceptors (Lipinski definition) is 4. The molecular formula is C10H23N2O3PS2. The van der Waals surface area contributed by atoms with E-state index in [1.165, 1.54) is 18.4 Å². The topological polar surface area (TPSA) is 57.7 Å². The molecule has 0 bridgehead atoms. The molecule has 18 heavy (non-hydrogen) atoms. The van der Waals surface area contributed by atoms with Crippen molar-refractivity contribution < 1.29 is 13.0 Å². The summed E-state index contributed by atoms with van der Waals surface area (Å²) in [7, 11) is -0.486.